The van der Waals surface area contributed by atoms with Crippen molar-refractivity contribution in [2.45, 2.75) is 51.6 Å². The first kappa shape index (κ1) is 12.4. The van der Waals surface area contributed by atoms with Crippen molar-refractivity contribution in [1.82, 2.24) is 0 Å². The molecule has 0 radical (unpaired) electrons. The number of aliphatic hydroxyl groups is 1. The van der Waals surface area contributed by atoms with Gasteiger partial charge in [-0.25, -0.2) is 0 Å². The number of nitrogens with zero attached hydrogens (tertiary/aromatic N) is 1. The van der Waals surface area contributed by atoms with E-state index >= 15 is 0 Å². The number of rotatable bonds is 4. The number of hydrogen-bond acceptors (Lipinski definition) is 3. The van der Waals surface area contributed by atoms with Gasteiger partial charge in [-0.1, -0.05) is 32.6 Å². The maximum Gasteiger partial charge on any atom is 0.231 e. The summed E-state index contributed by atoms with van der Waals surface area (Å²) in [5.74, 6) is 1.05. The van der Waals surface area contributed by atoms with Gasteiger partial charge < -0.3 is 5.11 Å². The van der Waals surface area contributed by atoms with Crippen LogP contribution in [0.3, 0.4) is 0 Å². The van der Waals surface area contributed by atoms with Crippen LogP contribution in [0.25, 0.3) is 0 Å². The van der Waals surface area contributed by atoms with Crippen molar-refractivity contribution in [2.75, 3.05) is 6.54 Å². The van der Waals surface area contributed by atoms with Crippen LogP contribution in [0.2, 0.25) is 0 Å². The van der Waals surface area contributed by atoms with Gasteiger partial charge in [0.15, 0.2) is 0 Å². The maximum absolute atomic E-state index is 10.4. The van der Waals surface area contributed by atoms with Crippen molar-refractivity contribution in [2.24, 2.45) is 11.8 Å². The Morgan fingerprint density at radius 2 is 2.07 bits per heavy atom. The molecule has 0 heterocycles. The molecule has 1 fully saturated rings. The quantitative estimate of drug-likeness (QED) is 0.577. The zero-order valence-corrected chi connectivity index (χ0v) is 9.61. The topological polar surface area (TPSA) is 63.4 Å². The summed E-state index contributed by atoms with van der Waals surface area (Å²) < 4.78 is 0. The Bertz CT molecular complexity index is 228. The summed E-state index contributed by atoms with van der Waals surface area (Å²) in [4.78, 5) is 9.96. The van der Waals surface area contributed by atoms with E-state index in [1.807, 2.05) is 0 Å². The van der Waals surface area contributed by atoms with Crippen LogP contribution in [0.5, 0.6) is 0 Å². The molecule has 0 aliphatic heterocycles. The highest BCUT2D eigenvalue weighted by Gasteiger charge is 2.33. The van der Waals surface area contributed by atoms with E-state index in [0.29, 0.717) is 18.3 Å². The lowest BCUT2D eigenvalue weighted by atomic mass is 9.75. The zero-order valence-electron chi connectivity index (χ0n) is 9.61. The summed E-state index contributed by atoms with van der Waals surface area (Å²) >= 11 is 0. The van der Waals surface area contributed by atoms with Gasteiger partial charge in [0.05, 0.1) is 0 Å². The normalized spacial score (nSPS) is 30.9. The molecule has 1 saturated carbocycles. The summed E-state index contributed by atoms with van der Waals surface area (Å²) in [6, 6.07) is 0. The highest BCUT2D eigenvalue weighted by atomic mass is 16.6. The predicted molar refractivity (Wildman–Crippen MR) is 58.2 cm³/mol. The van der Waals surface area contributed by atoms with Crippen LogP contribution in [0.15, 0.2) is 0 Å². The fourth-order valence-corrected chi connectivity index (χ4v) is 2.60. The third-order valence-corrected chi connectivity index (χ3v) is 3.46. The van der Waals surface area contributed by atoms with Gasteiger partial charge in [0.2, 0.25) is 6.54 Å². The molecule has 1 aliphatic carbocycles. The van der Waals surface area contributed by atoms with E-state index < -0.39 is 10.5 Å². The molecule has 3 atom stereocenters. The molecule has 1 rings (SSSR count). The number of nitro groups is 1. The minimum Gasteiger partial charge on any atom is -0.383 e. The first-order valence-electron chi connectivity index (χ1n) is 5.75. The van der Waals surface area contributed by atoms with Gasteiger partial charge in [0.25, 0.3) is 0 Å². The lowest BCUT2D eigenvalue weighted by Crippen LogP contribution is -2.37. The third kappa shape index (κ3) is 4.16. The molecule has 4 nitrogen and oxygen atoms in total. The lowest BCUT2D eigenvalue weighted by molar-refractivity contribution is -0.500. The Labute approximate surface area is 90.8 Å². The first-order valence-corrected chi connectivity index (χ1v) is 5.75. The summed E-state index contributed by atoms with van der Waals surface area (Å²) in [5, 5.41) is 20.3. The van der Waals surface area contributed by atoms with E-state index in [2.05, 4.69) is 6.92 Å². The van der Waals surface area contributed by atoms with E-state index in [1.54, 1.807) is 6.92 Å². The van der Waals surface area contributed by atoms with E-state index in [-0.39, 0.29) is 6.54 Å². The highest BCUT2D eigenvalue weighted by molar-refractivity contribution is 4.81. The molecule has 1 aliphatic rings. The fourth-order valence-electron chi connectivity index (χ4n) is 2.60. The van der Waals surface area contributed by atoms with Gasteiger partial charge >= 0.3 is 0 Å². The van der Waals surface area contributed by atoms with E-state index in [9.17, 15) is 15.2 Å². The predicted octanol–water partition coefficient (Wildman–Crippen LogP) is 2.23. The zero-order chi connectivity index (χ0) is 11.5. The van der Waals surface area contributed by atoms with Gasteiger partial charge in [-0.2, -0.15) is 0 Å². The van der Waals surface area contributed by atoms with Crippen molar-refractivity contribution in [3.05, 3.63) is 10.1 Å². The summed E-state index contributed by atoms with van der Waals surface area (Å²) in [5.41, 5.74) is -1.14. The minimum absolute atomic E-state index is 0.337. The van der Waals surface area contributed by atoms with Crippen LogP contribution >= 0.6 is 0 Å². The Kier molecular flexibility index (Phi) is 4.08. The second-order valence-electron chi connectivity index (χ2n) is 5.21. The van der Waals surface area contributed by atoms with Crippen LogP contribution in [0.4, 0.5) is 0 Å². The molecule has 0 unspecified atom stereocenters. The third-order valence-electron chi connectivity index (χ3n) is 3.46. The minimum atomic E-state index is -1.14. The molecule has 0 aromatic rings. The lowest BCUT2D eigenvalue weighted by Gasteiger charge is -2.33. The number of hydrogen-bond donors (Lipinski definition) is 1. The van der Waals surface area contributed by atoms with Crippen LogP contribution in [0.1, 0.15) is 46.0 Å². The molecular formula is C11H21NO3. The Morgan fingerprint density at radius 3 is 2.60 bits per heavy atom. The molecule has 0 bridgehead atoms. The van der Waals surface area contributed by atoms with E-state index in [0.717, 1.165) is 6.42 Å². The van der Waals surface area contributed by atoms with E-state index in [4.69, 9.17) is 0 Å². The first-order chi connectivity index (χ1) is 6.91. The van der Waals surface area contributed by atoms with Crippen molar-refractivity contribution in [1.29, 1.82) is 0 Å². The highest BCUT2D eigenvalue weighted by Crippen LogP contribution is 2.35. The summed E-state index contributed by atoms with van der Waals surface area (Å²) in [7, 11) is 0. The van der Waals surface area contributed by atoms with Gasteiger partial charge in [-0.05, 0) is 25.2 Å². The maximum atomic E-state index is 10.4. The molecule has 0 aromatic carbocycles. The molecule has 15 heavy (non-hydrogen) atoms. The average Bonchev–Trinajstić information content (AvgIpc) is 2.06. The van der Waals surface area contributed by atoms with Crippen molar-refractivity contribution < 1.29 is 10.0 Å². The molecular weight excluding hydrogens is 194 g/mol. The van der Waals surface area contributed by atoms with Crippen LogP contribution in [-0.2, 0) is 0 Å². The molecule has 0 spiro atoms. The van der Waals surface area contributed by atoms with Crippen LogP contribution < -0.4 is 0 Å². The van der Waals surface area contributed by atoms with Gasteiger partial charge in [-0.3, -0.25) is 10.1 Å². The van der Waals surface area contributed by atoms with Crippen molar-refractivity contribution >= 4 is 0 Å². The Morgan fingerprint density at radius 1 is 1.47 bits per heavy atom. The second kappa shape index (κ2) is 4.92. The second-order valence-corrected chi connectivity index (χ2v) is 5.21. The van der Waals surface area contributed by atoms with Crippen molar-refractivity contribution in [3.63, 3.8) is 0 Å². The van der Waals surface area contributed by atoms with Crippen molar-refractivity contribution in [3.8, 4) is 0 Å². The monoisotopic (exact) mass is 215 g/mol. The molecule has 0 amide bonds. The Balaban J connectivity index is 2.47. The van der Waals surface area contributed by atoms with E-state index in [1.165, 1.54) is 19.3 Å². The van der Waals surface area contributed by atoms with Gasteiger partial charge in [-0.15, -0.1) is 0 Å². The molecule has 4 heteroatoms. The molecule has 1 N–H and O–H groups in total. The molecule has 88 valence electrons. The SMILES string of the molecule is C[C@@H]1CCCC[C@@H]1C[C@@](C)(O)C[N+](=O)[O-]. The smallest absolute Gasteiger partial charge is 0.231 e. The Hall–Kier alpha value is -0.640. The fraction of sp³-hybridized carbons (Fsp3) is 1.00. The van der Waals surface area contributed by atoms with Crippen LogP contribution in [-0.4, -0.2) is 22.2 Å². The standard InChI is InChI=1S/C11H21NO3/c1-9-5-3-4-6-10(9)7-11(2,13)8-12(14)15/h9-10,13H,3-8H2,1-2H3/t9-,10-,11-/m1/s1. The average molecular weight is 215 g/mol. The largest absolute Gasteiger partial charge is 0.383 e. The summed E-state index contributed by atoms with van der Waals surface area (Å²) in [6.45, 7) is 3.43. The van der Waals surface area contributed by atoms with Gasteiger partial charge in [0.1, 0.15) is 5.60 Å². The molecule has 0 saturated heterocycles. The molecule has 0 aromatic heterocycles. The van der Waals surface area contributed by atoms with Gasteiger partial charge in [0, 0.05) is 4.92 Å². The van der Waals surface area contributed by atoms with Crippen LogP contribution in [0, 0.1) is 22.0 Å². The summed E-state index contributed by atoms with van der Waals surface area (Å²) in [6.07, 6.45) is 5.32.